The Bertz CT molecular complexity index is 971. The van der Waals surface area contributed by atoms with E-state index in [2.05, 4.69) is 10.2 Å². The highest BCUT2D eigenvalue weighted by molar-refractivity contribution is 6.30. The number of rotatable bonds is 6. The van der Waals surface area contributed by atoms with Crippen LogP contribution in [0.1, 0.15) is 61.7 Å². The topological polar surface area (TPSA) is 76.8 Å². The van der Waals surface area contributed by atoms with Gasteiger partial charge in [-0.1, -0.05) is 37.3 Å². The first kappa shape index (κ1) is 20.3. The second kappa shape index (κ2) is 8.50. The number of carbonyl (C=O) groups is 1. The van der Waals surface area contributed by atoms with Crippen molar-refractivity contribution in [2.24, 2.45) is 5.73 Å². The molecule has 1 amide bonds. The summed E-state index contributed by atoms with van der Waals surface area (Å²) in [5.41, 5.74) is 8.00. The van der Waals surface area contributed by atoms with Crippen LogP contribution >= 0.6 is 11.6 Å². The van der Waals surface area contributed by atoms with Crippen molar-refractivity contribution in [3.05, 3.63) is 47.0 Å². The molecule has 2 aliphatic carbocycles. The molecule has 1 heterocycles. The lowest BCUT2D eigenvalue weighted by molar-refractivity contribution is 0.0385. The van der Waals surface area contributed by atoms with E-state index >= 15 is 0 Å². The Morgan fingerprint density at radius 2 is 1.68 bits per heavy atom. The molecule has 1 aliphatic heterocycles. The fourth-order valence-electron chi connectivity index (χ4n) is 5.05. The summed E-state index contributed by atoms with van der Waals surface area (Å²) in [7, 11) is 0. The van der Waals surface area contributed by atoms with Gasteiger partial charge in [-0.25, -0.2) is 0 Å². The van der Waals surface area contributed by atoms with Crippen LogP contribution in [-0.4, -0.2) is 24.4 Å². The zero-order valence-electron chi connectivity index (χ0n) is 17.5. The third-order valence-corrected chi connectivity index (χ3v) is 6.81. The largest absolute Gasteiger partial charge is 0.433 e. The summed E-state index contributed by atoms with van der Waals surface area (Å²) >= 11 is 6.13. The number of nitrogens with two attached hydrogens (primary N) is 1. The van der Waals surface area contributed by atoms with E-state index in [1.54, 1.807) is 12.1 Å². The summed E-state index contributed by atoms with van der Waals surface area (Å²) in [5.74, 6) is 0.810. The number of fused-ring (bicyclic) bond motifs is 1. The Kier molecular flexibility index (Phi) is 5.57. The summed E-state index contributed by atoms with van der Waals surface area (Å²) < 4.78 is 12.3. The lowest BCUT2D eigenvalue weighted by atomic mass is 10.1. The molecule has 2 saturated carbocycles. The van der Waals surface area contributed by atoms with Crippen LogP contribution < -0.4 is 25.4 Å². The zero-order valence-corrected chi connectivity index (χ0v) is 18.2. The van der Waals surface area contributed by atoms with Crippen molar-refractivity contribution in [2.75, 3.05) is 10.2 Å². The minimum absolute atomic E-state index is 0.210. The fourth-order valence-corrected chi connectivity index (χ4v) is 5.21. The highest BCUT2D eigenvalue weighted by atomic mass is 35.5. The maximum absolute atomic E-state index is 12.5. The molecule has 1 atom stereocenters. The minimum atomic E-state index is -0.664. The second-order valence-corrected chi connectivity index (χ2v) is 9.14. The Morgan fingerprint density at radius 3 is 2.42 bits per heavy atom. The lowest BCUT2D eigenvalue weighted by Gasteiger charge is -2.35. The van der Waals surface area contributed by atoms with Crippen LogP contribution in [0.2, 0.25) is 5.02 Å². The molecule has 2 aromatic carbocycles. The standard InChI is InChI=1S/C24H28ClN3O3/c25-15-9-12-21-22(13-15)31-24(30-21)28(18-7-3-4-8-18)20-11-10-17(14-19(20)23(26)29)27-16-5-1-2-6-16/h9-14,16,18,24,27H,1-8H2,(H2,26,29). The Hall–Kier alpha value is -2.60. The minimum Gasteiger partial charge on any atom is -0.433 e. The fraction of sp³-hybridized carbons (Fsp3) is 0.458. The Balaban J connectivity index is 1.48. The number of hydrogen-bond donors (Lipinski definition) is 2. The van der Waals surface area contributed by atoms with Crippen LogP contribution in [0.3, 0.4) is 0 Å². The average Bonchev–Trinajstić information content (AvgIpc) is 3.51. The molecule has 2 fully saturated rings. The van der Waals surface area contributed by atoms with Crippen molar-refractivity contribution in [3.63, 3.8) is 0 Å². The normalized spacial score (nSPS) is 20.9. The molecule has 0 spiro atoms. The number of primary amides is 1. The van der Waals surface area contributed by atoms with Gasteiger partial charge in [-0.2, -0.15) is 0 Å². The molecule has 5 rings (SSSR count). The van der Waals surface area contributed by atoms with Gasteiger partial charge in [-0.3, -0.25) is 9.69 Å². The SMILES string of the molecule is NC(=O)c1cc(NC2CCCC2)ccc1N(C1CCCC1)C1Oc2ccc(Cl)cc2O1. The Labute approximate surface area is 187 Å². The first-order valence-electron chi connectivity index (χ1n) is 11.2. The highest BCUT2D eigenvalue weighted by Crippen LogP contribution is 2.42. The first-order chi connectivity index (χ1) is 15.1. The maximum Gasteiger partial charge on any atom is 0.327 e. The van der Waals surface area contributed by atoms with Crippen LogP contribution in [0.25, 0.3) is 0 Å². The number of hydrogen-bond acceptors (Lipinski definition) is 5. The first-order valence-corrected chi connectivity index (χ1v) is 11.6. The van der Waals surface area contributed by atoms with Gasteiger partial charge in [0.05, 0.1) is 11.3 Å². The van der Waals surface area contributed by atoms with E-state index in [-0.39, 0.29) is 6.04 Å². The van der Waals surface area contributed by atoms with Crippen LogP contribution in [0, 0.1) is 0 Å². The van der Waals surface area contributed by atoms with Gasteiger partial charge in [0.2, 0.25) is 0 Å². The van der Waals surface area contributed by atoms with Gasteiger partial charge in [0.15, 0.2) is 11.5 Å². The van der Waals surface area contributed by atoms with E-state index in [4.69, 9.17) is 26.8 Å². The van der Waals surface area contributed by atoms with E-state index in [1.165, 1.54) is 12.8 Å². The van der Waals surface area contributed by atoms with Gasteiger partial charge in [-0.05, 0) is 56.0 Å². The molecule has 0 radical (unpaired) electrons. The van der Waals surface area contributed by atoms with Crippen molar-refractivity contribution in [2.45, 2.75) is 69.9 Å². The molecule has 0 saturated heterocycles. The summed E-state index contributed by atoms with van der Waals surface area (Å²) in [5, 5.41) is 4.15. The number of halogens is 1. The molecule has 1 unspecified atom stereocenters. The molecular weight excluding hydrogens is 414 g/mol. The van der Waals surface area contributed by atoms with Gasteiger partial charge in [0, 0.05) is 28.9 Å². The van der Waals surface area contributed by atoms with Crippen LogP contribution in [0.4, 0.5) is 11.4 Å². The summed E-state index contributed by atoms with van der Waals surface area (Å²) in [6, 6.07) is 11.9. The summed E-state index contributed by atoms with van der Waals surface area (Å²) in [4.78, 5) is 14.6. The van der Waals surface area contributed by atoms with Gasteiger partial charge in [0.1, 0.15) is 0 Å². The number of amides is 1. The number of anilines is 2. The number of carbonyl (C=O) groups excluding carboxylic acids is 1. The van der Waals surface area contributed by atoms with Gasteiger partial charge >= 0.3 is 6.41 Å². The van der Waals surface area contributed by atoms with Crippen LogP contribution in [0.15, 0.2) is 36.4 Å². The van der Waals surface area contributed by atoms with Crippen molar-refractivity contribution < 1.29 is 14.3 Å². The van der Waals surface area contributed by atoms with Crippen molar-refractivity contribution in [1.29, 1.82) is 0 Å². The van der Waals surface area contributed by atoms with Crippen molar-refractivity contribution in [3.8, 4) is 11.5 Å². The van der Waals surface area contributed by atoms with Gasteiger partial charge in [0.25, 0.3) is 5.91 Å². The van der Waals surface area contributed by atoms with Gasteiger partial charge in [-0.15, -0.1) is 0 Å². The average molecular weight is 442 g/mol. The molecule has 164 valence electrons. The van der Waals surface area contributed by atoms with Crippen LogP contribution in [-0.2, 0) is 0 Å². The molecule has 0 bridgehead atoms. The van der Waals surface area contributed by atoms with E-state index in [9.17, 15) is 4.79 Å². The number of nitrogens with zero attached hydrogens (tertiary/aromatic N) is 1. The number of ether oxygens (including phenoxy) is 2. The predicted molar refractivity (Wildman–Crippen MR) is 122 cm³/mol. The third-order valence-electron chi connectivity index (χ3n) is 6.57. The monoisotopic (exact) mass is 441 g/mol. The van der Waals surface area contributed by atoms with E-state index < -0.39 is 12.3 Å². The van der Waals surface area contributed by atoms with E-state index in [0.717, 1.165) is 49.9 Å². The number of nitrogens with one attached hydrogen (secondary N) is 1. The van der Waals surface area contributed by atoms with Crippen molar-refractivity contribution >= 4 is 28.9 Å². The molecule has 7 heteroatoms. The molecule has 0 aromatic heterocycles. The lowest BCUT2D eigenvalue weighted by Crippen LogP contribution is -2.47. The Morgan fingerprint density at radius 1 is 0.968 bits per heavy atom. The quantitative estimate of drug-likeness (QED) is 0.636. The molecule has 31 heavy (non-hydrogen) atoms. The molecular formula is C24H28ClN3O3. The highest BCUT2D eigenvalue weighted by Gasteiger charge is 2.37. The second-order valence-electron chi connectivity index (χ2n) is 8.70. The van der Waals surface area contributed by atoms with E-state index in [0.29, 0.717) is 28.1 Å². The van der Waals surface area contributed by atoms with E-state index in [1.807, 2.05) is 24.3 Å². The zero-order chi connectivity index (χ0) is 21.4. The summed E-state index contributed by atoms with van der Waals surface area (Å²) in [6.07, 6.45) is 8.45. The number of benzene rings is 2. The predicted octanol–water partition coefficient (Wildman–Crippen LogP) is 5.30. The smallest absolute Gasteiger partial charge is 0.327 e. The molecule has 2 aromatic rings. The van der Waals surface area contributed by atoms with Gasteiger partial charge < -0.3 is 20.5 Å². The molecule has 3 aliphatic rings. The third kappa shape index (κ3) is 4.13. The summed E-state index contributed by atoms with van der Waals surface area (Å²) in [6.45, 7) is 0. The molecule has 3 N–H and O–H groups in total. The maximum atomic E-state index is 12.5. The van der Waals surface area contributed by atoms with Crippen molar-refractivity contribution in [1.82, 2.24) is 0 Å². The van der Waals surface area contributed by atoms with Crippen LogP contribution in [0.5, 0.6) is 11.5 Å². The molecule has 6 nitrogen and oxygen atoms in total.